The number of benzene rings is 4. The number of para-hydroxylation sites is 4. The number of nitrogens with two attached hydrogens (primary N) is 1. The molecule has 5 aromatic rings. The molecule has 0 radical (unpaired) electrons. The minimum Gasteiger partial charge on any atom is -0.415 e. The molecule has 2 atom stereocenters. The van der Waals surface area contributed by atoms with E-state index >= 15 is 0 Å². The molecule has 0 bridgehead atoms. The van der Waals surface area contributed by atoms with E-state index in [4.69, 9.17) is 29.4 Å². The van der Waals surface area contributed by atoms with Crippen molar-refractivity contribution >= 4 is 24.6 Å². The maximum absolute atomic E-state index is 6.67. The molecular weight excluding hydrogens is 515 g/mol. The summed E-state index contributed by atoms with van der Waals surface area (Å²) in [6.45, 7) is 0. The van der Waals surface area contributed by atoms with Gasteiger partial charge in [0.2, 0.25) is 8.00 Å². The van der Waals surface area contributed by atoms with Crippen molar-refractivity contribution in [1.29, 1.82) is 0 Å². The SMILES string of the molecule is Nn1p(N(Oc2ccccc2)Oc2ccccc2)npn(Oc2ccccc2)p1Oc1ccccc1. The van der Waals surface area contributed by atoms with Gasteiger partial charge in [-0.2, -0.15) is 8.71 Å². The highest BCUT2D eigenvalue weighted by Crippen LogP contribution is 2.40. The summed E-state index contributed by atoms with van der Waals surface area (Å²) in [7, 11) is -2.88. The lowest BCUT2D eigenvalue weighted by Gasteiger charge is -2.24. The van der Waals surface area contributed by atoms with Gasteiger partial charge in [-0.1, -0.05) is 77.1 Å². The predicted molar refractivity (Wildman–Crippen MR) is 143 cm³/mol. The quantitative estimate of drug-likeness (QED) is 0.166. The molecule has 0 aliphatic rings. The molecule has 0 amide bonds. The fourth-order valence-corrected chi connectivity index (χ4v) is 8.01. The maximum Gasteiger partial charge on any atom is 0.297 e. The van der Waals surface area contributed by atoms with Gasteiger partial charge in [-0.3, -0.25) is 0 Å². The summed E-state index contributed by atoms with van der Waals surface area (Å²) >= 11 is 0. The second-order valence-corrected chi connectivity index (χ2v) is 11.8. The number of aromatic nitrogens is 3. The maximum atomic E-state index is 6.67. The van der Waals surface area contributed by atoms with Gasteiger partial charge in [-0.25, -0.2) is 5.84 Å². The zero-order chi connectivity index (χ0) is 24.6. The van der Waals surface area contributed by atoms with Crippen LogP contribution >= 0.6 is 24.6 Å². The molecule has 182 valence electrons. The van der Waals surface area contributed by atoms with E-state index < -0.39 is 16.1 Å². The van der Waals surface area contributed by atoms with Gasteiger partial charge in [0.15, 0.2) is 25.8 Å². The zero-order valence-corrected chi connectivity index (χ0v) is 21.6. The van der Waals surface area contributed by atoms with Crippen LogP contribution < -0.4 is 29.9 Å². The van der Waals surface area contributed by atoms with Gasteiger partial charge in [0.25, 0.3) is 8.08 Å². The van der Waals surface area contributed by atoms with Crippen molar-refractivity contribution in [2.45, 2.75) is 0 Å². The van der Waals surface area contributed by atoms with Crippen LogP contribution in [0.25, 0.3) is 0 Å². The predicted octanol–water partition coefficient (Wildman–Crippen LogP) is 6.69. The van der Waals surface area contributed by atoms with Crippen molar-refractivity contribution in [2.24, 2.45) is 0 Å². The topological polar surface area (TPSA) is 88.9 Å². The van der Waals surface area contributed by atoms with Gasteiger partial charge in [0.1, 0.15) is 10.7 Å². The van der Waals surface area contributed by atoms with Crippen LogP contribution in [0.3, 0.4) is 0 Å². The molecule has 5 rings (SSSR count). The molecule has 0 saturated carbocycles. The molecule has 9 nitrogen and oxygen atoms in total. The third kappa shape index (κ3) is 6.10. The lowest BCUT2D eigenvalue weighted by atomic mass is 10.3. The highest BCUT2D eigenvalue weighted by molar-refractivity contribution is 7.58. The van der Waals surface area contributed by atoms with Crippen molar-refractivity contribution in [1.82, 2.24) is 13.0 Å². The minimum atomic E-state index is -1.69. The molecule has 36 heavy (non-hydrogen) atoms. The Morgan fingerprint density at radius 3 is 1.58 bits per heavy atom. The van der Waals surface area contributed by atoms with E-state index in [1.165, 1.54) is 9.20 Å². The van der Waals surface area contributed by atoms with Gasteiger partial charge in [0, 0.05) is 0 Å². The molecule has 4 aromatic carbocycles. The molecular formula is C24H22N5O4P3. The van der Waals surface area contributed by atoms with Crippen LogP contribution in [0.15, 0.2) is 121 Å². The largest absolute Gasteiger partial charge is 0.415 e. The number of rotatable bonds is 9. The van der Waals surface area contributed by atoms with Crippen LogP contribution in [0.4, 0.5) is 0 Å². The average Bonchev–Trinajstić information content (AvgIpc) is 2.93. The summed E-state index contributed by atoms with van der Waals surface area (Å²) in [4.78, 5) is 19.6. The molecule has 0 spiro atoms. The van der Waals surface area contributed by atoms with Crippen LogP contribution in [0.2, 0.25) is 0 Å². The lowest BCUT2D eigenvalue weighted by molar-refractivity contribution is 0.0988. The van der Waals surface area contributed by atoms with E-state index in [0.717, 1.165) is 0 Å². The molecule has 2 unspecified atom stereocenters. The molecule has 0 aliphatic heterocycles. The Morgan fingerprint density at radius 2 is 1.08 bits per heavy atom. The third-order valence-electron chi connectivity index (χ3n) is 4.56. The molecule has 1 heterocycles. The summed E-state index contributed by atoms with van der Waals surface area (Å²) in [5, 5.41) is 0. The van der Waals surface area contributed by atoms with Crippen molar-refractivity contribution < 1.29 is 19.0 Å². The van der Waals surface area contributed by atoms with Crippen LogP contribution in [-0.2, 0) is 0 Å². The Balaban J connectivity index is 1.56. The summed E-state index contributed by atoms with van der Waals surface area (Å²) in [6, 6.07) is 37.5. The summed E-state index contributed by atoms with van der Waals surface area (Å²) in [6.07, 6.45) is 0. The Bertz CT molecular complexity index is 1360. The normalized spacial score (nSPS) is 11.8. The van der Waals surface area contributed by atoms with Crippen molar-refractivity contribution in [3.63, 3.8) is 0 Å². The lowest BCUT2D eigenvalue weighted by Crippen LogP contribution is -2.32. The molecule has 1 aromatic heterocycles. The standard InChI is InChI=1S/C24H22N5O4P3/c25-27-35(28(30-21-13-5-1-6-14-21)31-22-15-7-2-8-16-22)26-34-29(32-23-17-9-3-10-18-23)36(27)33-24-19-11-4-12-20-24/h1-20H,25H2. The highest BCUT2D eigenvalue weighted by atomic mass is 31.2. The molecule has 0 aliphatic carbocycles. The summed E-state index contributed by atoms with van der Waals surface area (Å²) in [5.74, 6) is 9.11. The summed E-state index contributed by atoms with van der Waals surface area (Å²) in [5.41, 5.74) is 0. The Morgan fingerprint density at radius 1 is 0.639 bits per heavy atom. The molecule has 2 N–H and O–H groups in total. The second-order valence-electron chi connectivity index (χ2n) is 7.13. The van der Waals surface area contributed by atoms with E-state index in [-0.39, 0.29) is 0 Å². The molecule has 0 saturated heterocycles. The van der Waals surface area contributed by atoms with Gasteiger partial charge in [-0.15, -0.1) is 0 Å². The van der Waals surface area contributed by atoms with Crippen molar-refractivity contribution in [3.8, 4) is 23.0 Å². The minimum absolute atomic E-state index is 0.484. The first-order valence-electron chi connectivity index (χ1n) is 10.8. The van der Waals surface area contributed by atoms with Gasteiger partial charge >= 0.3 is 0 Å². The van der Waals surface area contributed by atoms with Crippen molar-refractivity contribution in [3.05, 3.63) is 121 Å². The second kappa shape index (κ2) is 11.8. The fraction of sp³-hybridized carbons (Fsp3) is 0. The van der Waals surface area contributed by atoms with Crippen molar-refractivity contribution in [2.75, 3.05) is 10.8 Å². The smallest absolute Gasteiger partial charge is 0.297 e. The van der Waals surface area contributed by atoms with Gasteiger partial charge in [-0.05, 0) is 48.5 Å². The van der Waals surface area contributed by atoms with Crippen LogP contribution in [0, 0.1) is 0 Å². The van der Waals surface area contributed by atoms with E-state index in [1.807, 2.05) is 121 Å². The van der Waals surface area contributed by atoms with Crippen LogP contribution in [-0.4, -0.2) is 13.0 Å². The Kier molecular flexibility index (Phi) is 7.89. The monoisotopic (exact) mass is 537 g/mol. The van der Waals surface area contributed by atoms with Gasteiger partial charge in [0.05, 0.1) is 0 Å². The number of hydrogen-bond acceptors (Lipinski definition) is 7. The zero-order valence-electron chi connectivity index (χ0n) is 18.9. The fourth-order valence-electron chi connectivity index (χ4n) is 2.92. The Hall–Kier alpha value is -3.70. The van der Waals surface area contributed by atoms with E-state index in [9.17, 15) is 0 Å². The van der Waals surface area contributed by atoms with Gasteiger partial charge < -0.3 is 19.0 Å². The van der Waals surface area contributed by atoms with E-state index in [1.54, 1.807) is 4.26 Å². The van der Waals surface area contributed by atoms with E-state index in [2.05, 4.69) is 0 Å². The first kappa shape index (κ1) is 24.0. The average molecular weight is 537 g/mol. The first-order valence-corrected chi connectivity index (χ1v) is 14.0. The number of nitrogens with zero attached hydrogens (tertiary/aromatic N) is 4. The summed E-state index contributed by atoms with van der Waals surface area (Å²) < 4.78 is 14.1. The number of nitrogen functional groups attached to an aromatic ring is 1. The molecule has 0 fully saturated rings. The van der Waals surface area contributed by atoms with Crippen LogP contribution in [0.5, 0.6) is 23.0 Å². The third-order valence-corrected chi connectivity index (χ3v) is 9.32. The van der Waals surface area contributed by atoms with Crippen LogP contribution in [0.1, 0.15) is 0 Å². The highest BCUT2D eigenvalue weighted by Gasteiger charge is 2.23. The first-order chi connectivity index (χ1) is 17.8. The Labute approximate surface area is 211 Å². The molecule has 12 heteroatoms. The van der Waals surface area contributed by atoms with E-state index in [0.29, 0.717) is 31.5 Å². The number of hydrogen-bond donors (Lipinski definition) is 1.